The highest BCUT2D eigenvalue weighted by Gasteiger charge is 2.40. The summed E-state index contributed by atoms with van der Waals surface area (Å²) in [6, 6.07) is -1.02. The second-order valence-corrected chi connectivity index (χ2v) is 2.26. The van der Waals surface area contributed by atoms with E-state index in [0.717, 1.165) is 0 Å². The van der Waals surface area contributed by atoms with E-state index in [9.17, 15) is 9.59 Å². The standard InChI is InChI=1S/C4H6N3O2/c1-7(2)4(9)5-3(8)6-7/h1-2H3/p+1. The summed E-state index contributed by atoms with van der Waals surface area (Å²) in [6.45, 7) is 0. The van der Waals surface area contributed by atoms with Gasteiger partial charge < -0.3 is 0 Å². The Labute approximate surface area is 52.2 Å². The fourth-order valence-electron chi connectivity index (χ4n) is 0.524. The van der Waals surface area contributed by atoms with Gasteiger partial charge in [0.2, 0.25) is 0 Å². The number of hydrogen-bond acceptors (Lipinski definition) is 2. The smallest absolute Gasteiger partial charge is 0.241 e. The minimum atomic E-state index is -0.565. The second kappa shape index (κ2) is 1.44. The van der Waals surface area contributed by atoms with Gasteiger partial charge in [-0.1, -0.05) is 5.32 Å². The van der Waals surface area contributed by atoms with E-state index < -0.39 is 12.1 Å². The van der Waals surface area contributed by atoms with Gasteiger partial charge in [0.15, 0.2) is 0 Å². The number of rotatable bonds is 0. The molecule has 1 N–H and O–H groups in total. The Bertz CT molecular complexity index is 175. The SMILES string of the molecule is C[N+]1(C)NC(=O)[N]C1=O. The average molecular weight is 129 g/mol. The van der Waals surface area contributed by atoms with Gasteiger partial charge in [0.1, 0.15) is 14.1 Å². The van der Waals surface area contributed by atoms with E-state index in [4.69, 9.17) is 0 Å². The third-order valence-electron chi connectivity index (χ3n) is 1.05. The molecule has 1 rings (SSSR count). The van der Waals surface area contributed by atoms with Crippen LogP contribution < -0.4 is 10.7 Å². The van der Waals surface area contributed by atoms with Crippen LogP contribution in [-0.2, 0) is 0 Å². The second-order valence-electron chi connectivity index (χ2n) is 2.26. The van der Waals surface area contributed by atoms with Crippen molar-refractivity contribution in [2.45, 2.75) is 0 Å². The Morgan fingerprint density at radius 2 is 2.00 bits per heavy atom. The third kappa shape index (κ3) is 0.857. The van der Waals surface area contributed by atoms with E-state index in [2.05, 4.69) is 10.7 Å². The molecule has 1 aliphatic rings. The summed E-state index contributed by atoms with van der Waals surface area (Å²) >= 11 is 0. The molecular formula is C4H7N3O2+. The van der Waals surface area contributed by atoms with Crippen LogP contribution in [0.1, 0.15) is 0 Å². The van der Waals surface area contributed by atoms with Crippen LogP contribution in [0.5, 0.6) is 0 Å². The normalized spacial score (nSPS) is 23.3. The van der Waals surface area contributed by atoms with Gasteiger partial charge in [-0.2, -0.15) is 5.43 Å². The largest absolute Gasteiger partial charge is 0.471 e. The molecule has 0 aliphatic carbocycles. The number of imide groups is 1. The minimum Gasteiger partial charge on any atom is -0.241 e. The van der Waals surface area contributed by atoms with Crippen molar-refractivity contribution in [3.63, 3.8) is 0 Å². The van der Waals surface area contributed by atoms with Crippen LogP contribution in [0.3, 0.4) is 0 Å². The zero-order chi connectivity index (χ0) is 7.07. The first-order chi connectivity index (χ1) is 4.02. The number of urea groups is 2. The molecule has 4 amide bonds. The third-order valence-corrected chi connectivity index (χ3v) is 1.05. The maximum absolute atomic E-state index is 10.6. The molecule has 9 heavy (non-hydrogen) atoms. The van der Waals surface area contributed by atoms with Crippen LogP contribution in [-0.4, -0.2) is 30.7 Å². The Kier molecular flexibility index (Phi) is 0.967. The summed E-state index contributed by atoms with van der Waals surface area (Å²) in [5.74, 6) is 0. The van der Waals surface area contributed by atoms with Crippen LogP contribution in [0.2, 0.25) is 0 Å². The first-order valence-corrected chi connectivity index (χ1v) is 2.45. The van der Waals surface area contributed by atoms with Gasteiger partial charge in [0.05, 0.1) is 0 Å². The van der Waals surface area contributed by atoms with E-state index in [1.54, 1.807) is 14.1 Å². The quantitative estimate of drug-likeness (QED) is 0.445. The molecule has 49 valence electrons. The topological polar surface area (TPSA) is 60.3 Å². The molecule has 0 atom stereocenters. The molecule has 1 radical (unpaired) electrons. The molecule has 1 heterocycles. The summed E-state index contributed by atoms with van der Waals surface area (Å²) in [4.78, 5) is 21.0. The van der Waals surface area contributed by atoms with Crippen molar-refractivity contribution in [3.8, 4) is 0 Å². The number of nitrogens with one attached hydrogen (secondary N) is 1. The van der Waals surface area contributed by atoms with E-state index in [-0.39, 0.29) is 4.59 Å². The number of carbonyl (C=O) groups is 2. The number of nitrogens with zero attached hydrogens (tertiary/aromatic N) is 2. The first kappa shape index (κ1) is 6.03. The Hall–Kier alpha value is -1.10. The molecule has 0 unspecified atom stereocenters. The fourth-order valence-corrected chi connectivity index (χ4v) is 0.524. The summed E-state index contributed by atoms with van der Waals surface area (Å²) in [5, 5.41) is 3.12. The molecule has 1 fully saturated rings. The molecule has 5 heteroatoms. The van der Waals surface area contributed by atoms with Gasteiger partial charge in [0, 0.05) is 0 Å². The van der Waals surface area contributed by atoms with Crippen molar-refractivity contribution in [1.29, 1.82) is 0 Å². The van der Waals surface area contributed by atoms with Gasteiger partial charge in [-0.05, 0) is 0 Å². The van der Waals surface area contributed by atoms with Crippen LogP contribution in [0.15, 0.2) is 0 Å². The van der Waals surface area contributed by atoms with Crippen LogP contribution in [0.25, 0.3) is 0 Å². The van der Waals surface area contributed by atoms with Gasteiger partial charge in [0.25, 0.3) is 0 Å². The monoisotopic (exact) mass is 129 g/mol. The predicted octanol–water partition coefficient (Wildman–Crippen LogP) is -0.575. The molecule has 1 saturated heterocycles. The lowest BCUT2D eigenvalue weighted by molar-refractivity contribution is -0.838. The highest BCUT2D eigenvalue weighted by atomic mass is 16.2. The van der Waals surface area contributed by atoms with Gasteiger partial charge in [-0.15, -0.1) is 4.59 Å². The number of amides is 4. The summed E-state index contributed by atoms with van der Waals surface area (Å²) in [5.41, 5.74) is 2.33. The maximum atomic E-state index is 10.6. The van der Waals surface area contributed by atoms with Gasteiger partial charge in [-0.25, -0.2) is 9.59 Å². The lowest BCUT2D eigenvalue weighted by Gasteiger charge is -2.13. The zero-order valence-electron chi connectivity index (χ0n) is 5.21. The van der Waals surface area contributed by atoms with Crippen molar-refractivity contribution in [1.82, 2.24) is 10.7 Å². The molecule has 0 spiro atoms. The lowest BCUT2D eigenvalue weighted by Crippen LogP contribution is -2.49. The molecular weight excluding hydrogens is 122 g/mol. The summed E-state index contributed by atoms with van der Waals surface area (Å²) in [7, 11) is 3.10. The Morgan fingerprint density at radius 1 is 1.44 bits per heavy atom. The lowest BCUT2D eigenvalue weighted by atomic mass is 10.8. The fraction of sp³-hybridized carbons (Fsp3) is 0.500. The number of carbonyl (C=O) groups excluding carboxylic acids is 2. The average Bonchev–Trinajstić information content (AvgIpc) is 1.79. The highest BCUT2D eigenvalue weighted by molar-refractivity contribution is 5.93. The van der Waals surface area contributed by atoms with E-state index in [1.165, 1.54) is 0 Å². The van der Waals surface area contributed by atoms with Gasteiger partial charge >= 0.3 is 12.1 Å². The van der Waals surface area contributed by atoms with Crippen LogP contribution in [0.4, 0.5) is 9.59 Å². The zero-order valence-corrected chi connectivity index (χ0v) is 5.21. The predicted molar refractivity (Wildman–Crippen MR) is 28.2 cm³/mol. The Balaban J connectivity index is 2.81. The molecule has 5 nitrogen and oxygen atoms in total. The van der Waals surface area contributed by atoms with Crippen molar-refractivity contribution in [2.75, 3.05) is 14.1 Å². The highest BCUT2D eigenvalue weighted by Crippen LogP contribution is 1.99. The van der Waals surface area contributed by atoms with E-state index in [1.807, 2.05) is 0 Å². The van der Waals surface area contributed by atoms with E-state index >= 15 is 0 Å². The van der Waals surface area contributed by atoms with E-state index in [0.29, 0.717) is 0 Å². The van der Waals surface area contributed by atoms with Crippen molar-refractivity contribution in [3.05, 3.63) is 0 Å². The number of hydrogen-bond donors (Lipinski definition) is 1. The van der Waals surface area contributed by atoms with Crippen molar-refractivity contribution in [2.24, 2.45) is 0 Å². The summed E-state index contributed by atoms with van der Waals surface area (Å²) < 4.78 is -0.182. The van der Waals surface area contributed by atoms with Gasteiger partial charge in [-0.3, -0.25) is 0 Å². The minimum absolute atomic E-state index is 0.182. The number of quaternary nitrogens is 1. The maximum Gasteiger partial charge on any atom is 0.471 e. The van der Waals surface area contributed by atoms with Crippen molar-refractivity contribution >= 4 is 12.1 Å². The Morgan fingerprint density at radius 3 is 2.11 bits per heavy atom. The molecule has 0 aromatic heterocycles. The molecule has 0 aromatic rings. The molecule has 0 aromatic carbocycles. The van der Waals surface area contributed by atoms with Crippen molar-refractivity contribution < 1.29 is 14.2 Å². The molecule has 0 saturated carbocycles. The van der Waals surface area contributed by atoms with Crippen LogP contribution in [0, 0.1) is 0 Å². The summed E-state index contributed by atoms with van der Waals surface area (Å²) in [6.07, 6.45) is 0. The molecule has 1 aliphatic heterocycles. The first-order valence-electron chi connectivity index (χ1n) is 2.45. The van der Waals surface area contributed by atoms with Crippen LogP contribution >= 0.6 is 0 Å². The molecule has 0 bridgehead atoms.